The molecule has 0 bridgehead atoms. The third kappa shape index (κ3) is 6.65. The minimum Gasteiger partial charge on any atom is -0.465 e. The van der Waals surface area contributed by atoms with Crippen LogP contribution in [-0.2, 0) is 22.4 Å². The van der Waals surface area contributed by atoms with E-state index in [4.69, 9.17) is 17.3 Å². The second kappa shape index (κ2) is 12.0. The summed E-state index contributed by atoms with van der Waals surface area (Å²) in [5.41, 5.74) is 8.43. The van der Waals surface area contributed by atoms with Crippen LogP contribution in [0.4, 0.5) is 5.69 Å². The highest BCUT2D eigenvalue weighted by Crippen LogP contribution is 2.21. The number of imide groups is 1. The molecule has 2 heterocycles. The van der Waals surface area contributed by atoms with Gasteiger partial charge in [-0.05, 0) is 73.0 Å². The number of nitrogens with two attached hydrogens (primary N) is 1. The molecule has 0 aliphatic carbocycles. The number of thiophene rings is 1. The van der Waals surface area contributed by atoms with Gasteiger partial charge in [-0.25, -0.2) is 4.79 Å². The van der Waals surface area contributed by atoms with Gasteiger partial charge in [-0.1, -0.05) is 23.7 Å². The lowest BCUT2D eigenvalue weighted by Crippen LogP contribution is -2.48. The quantitative estimate of drug-likeness (QED) is 0.184. The number of fused-ring (bicyclic) bond motifs is 1. The second-order valence-corrected chi connectivity index (χ2v) is 10.0. The Balaban J connectivity index is 1.49. The molecule has 0 unspecified atom stereocenters. The zero-order valence-corrected chi connectivity index (χ0v) is 21.9. The van der Waals surface area contributed by atoms with Gasteiger partial charge in [0.25, 0.3) is 5.91 Å². The Morgan fingerprint density at radius 3 is 2.53 bits per heavy atom. The van der Waals surface area contributed by atoms with Crippen molar-refractivity contribution in [3.05, 3.63) is 96.9 Å². The molecule has 38 heavy (non-hydrogen) atoms. The number of carbonyl (C=O) groups excluding carboxylic acids is 3. The van der Waals surface area contributed by atoms with Crippen molar-refractivity contribution in [2.75, 3.05) is 19.4 Å². The highest BCUT2D eigenvalue weighted by atomic mass is 35.5. The summed E-state index contributed by atoms with van der Waals surface area (Å²) in [5.74, 6) is -1.70. The summed E-state index contributed by atoms with van der Waals surface area (Å²) < 4.78 is 4.67. The fourth-order valence-corrected chi connectivity index (χ4v) is 4.95. The summed E-state index contributed by atoms with van der Waals surface area (Å²) in [6, 6.07) is 16.0. The van der Waals surface area contributed by atoms with Gasteiger partial charge < -0.3 is 20.8 Å². The molecular formula is C27H25ClN4O5S. The lowest BCUT2D eigenvalue weighted by atomic mass is 10.0. The van der Waals surface area contributed by atoms with Crippen molar-refractivity contribution in [2.45, 2.75) is 18.9 Å². The van der Waals surface area contributed by atoms with Crippen LogP contribution in [0.1, 0.15) is 30.5 Å². The number of nitrogens with one attached hydrogen (secondary N) is 3. The van der Waals surface area contributed by atoms with Gasteiger partial charge in [-0.2, -0.15) is 0 Å². The Morgan fingerprint density at radius 2 is 1.79 bits per heavy atom. The van der Waals surface area contributed by atoms with Crippen molar-refractivity contribution in [3.8, 4) is 0 Å². The number of hydrogen-bond acceptors (Lipinski definition) is 8. The molecule has 2 aromatic carbocycles. The number of rotatable bonds is 9. The van der Waals surface area contributed by atoms with Crippen LogP contribution in [0.2, 0.25) is 5.02 Å². The van der Waals surface area contributed by atoms with Gasteiger partial charge in [0.2, 0.25) is 11.5 Å². The number of amides is 2. The minimum atomic E-state index is -0.764. The van der Waals surface area contributed by atoms with Gasteiger partial charge in [0.1, 0.15) is 4.88 Å². The summed E-state index contributed by atoms with van der Waals surface area (Å²) in [7, 11) is 1.25. The molecule has 196 valence electrons. The number of carbonyl (C=O) groups is 3. The summed E-state index contributed by atoms with van der Waals surface area (Å²) >= 11 is 7.09. The van der Waals surface area contributed by atoms with E-state index in [1.807, 2.05) is 12.1 Å². The molecule has 4 aromatic rings. The van der Waals surface area contributed by atoms with E-state index in [1.54, 1.807) is 30.3 Å². The first-order valence-electron chi connectivity index (χ1n) is 11.7. The van der Waals surface area contributed by atoms with Gasteiger partial charge in [0.05, 0.1) is 18.0 Å². The van der Waals surface area contributed by atoms with E-state index in [2.05, 4.69) is 20.4 Å². The molecule has 5 N–H and O–H groups in total. The standard InChI is InChI=1S/C27H25ClN4O5S/c1-37-27(36)23-9-8-22(38-23)26(35)32-25(34)21(12-15-2-5-18(29)6-3-15)30-11-10-16-13-24(33)31-20-7-4-17(28)14-19(16)20/h2-9,13-14,21,30H,10-12,29H2,1H3,(H,31,33)(H,32,34,35)/t21-/m0/s1. The van der Waals surface area contributed by atoms with Crippen LogP contribution in [0.3, 0.4) is 0 Å². The Kier molecular flexibility index (Phi) is 8.57. The van der Waals surface area contributed by atoms with Gasteiger partial charge in [0, 0.05) is 27.7 Å². The van der Waals surface area contributed by atoms with Crippen molar-refractivity contribution < 1.29 is 19.1 Å². The molecule has 1 atom stereocenters. The highest BCUT2D eigenvalue weighted by Gasteiger charge is 2.23. The third-order valence-corrected chi connectivity index (χ3v) is 7.16. The number of aromatic nitrogens is 1. The number of anilines is 1. The number of esters is 1. The van der Waals surface area contributed by atoms with Crippen LogP contribution < -0.4 is 21.9 Å². The Hall–Kier alpha value is -3.99. The third-order valence-electron chi connectivity index (χ3n) is 5.86. The summed E-state index contributed by atoms with van der Waals surface area (Å²) in [5, 5.41) is 6.98. The smallest absolute Gasteiger partial charge is 0.348 e. The predicted molar refractivity (Wildman–Crippen MR) is 148 cm³/mol. The summed E-state index contributed by atoms with van der Waals surface area (Å²) in [6.45, 7) is 0.345. The largest absolute Gasteiger partial charge is 0.465 e. The average molecular weight is 553 g/mol. The van der Waals surface area contributed by atoms with Gasteiger partial charge in [-0.15, -0.1) is 11.3 Å². The number of ether oxygens (including phenoxy) is 1. The zero-order chi connectivity index (χ0) is 27.2. The molecule has 0 aliphatic rings. The molecule has 2 amide bonds. The number of pyridine rings is 1. The molecule has 0 aliphatic heterocycles. The van der Waals surface area contributed by atoms with Crippen LogP contribution in [-0.4, -0.2) is 42.5 Å². The molecule has 2 aromatic heterocycles. The fourth-order valence-electron chi connectivity index (χ4n) is 3.96. The molecule has 0 radical (unpaired) electrons. The van der Waals surface area contributed by atoms with E-state index >= 15 is 0 Å². The number of benzene rings is 2. The maximum atomic E-state index is 13.2. The summed E-state index contributed by atoms with van der Waals surface area (Å²) in [4.78, 5) is 53.0. The van der Waals surface area contributed by atoms with Crippen LogP contribution in [0.5, 0.6) is 0 Å². The van der Waals surface area contributed by atoms with E-state index < -0.39 is 23.8 Å². The highest BCUT2D eigenvalue weighted by molar-refractivity contribution is 7.15. The number of halogens is 1. The van der Waals surface area contributed by atoms with Crippen molar-refractivity contribution in [3.63, 3.8) is 0 Å². The van der Waals surface area contributed by atoms with E-state index in [0.717, 1.165) is 27.8 Å². The van der Waals surface area contributed by atoms with Gasteiger partial charge in [-0.3, -0.25) is 19.7 Å². The monoisotopic (exact) mass is 552 g/mol. The second-order valence-electron chi connectivity index (χ2n) is 8.53. The molecule has 0 saturated carbocycles. The van der Waals surface area contributed by atoms with E-state index in [1.165, 1.54) is 25.3 Å². The number of aromatic amines is 1. The predicted octanol–water partition coefficient (Wildman–Crippen LogP) is 3.31. The lowest BCUT2D eigenvalue weighted by molar-refractivity contribution is -0.122. The maximum absolute atomic E-state index is 13.2. The summed E-state index contributed by atoms with van der Waals surface area (Å²) in [6.07, 6.45) is 0.729. The maximum Gasteiger partial charge on any atom is 0.348 e. The van der Waals surface area contributed by atoms with Crippen molar-refractivity contribution in [1.29, 1.82) is 0 Å². The first-order chi connectivity index (χ1) is 18.2. The van der Waals surface area contributed by atoms with Crippen LogP contribution in [0.25, 0.3) is 10.9 Å². The number of hydrogen-bond donors (Lipinski definition) is 4. The number of methoxy groups -OCH3 is 1. The van der Waals surface area contributed by atoms with Crippen LogP contribution in [0.15, 0.2) is 65.5 Å². The molecule has 9 nitrogen and oxygen atoms in total. The molecule has 0 spiro atoms. The normalized spacial score (nSPS) is 11.7. The molecular weight excluding hydrogens is 528 g/mol. The molecule has 0 saturated heterocycles. The Bertz CT molecular complexity index is 1550. The van der Waals surface area contributed by atoms with E-state index in [9.17, 15) is 19.2 Å². The van der Waals surface area contributed by atoms with Crippen molar-refractivity contribution >= 4 is 57.3 Å². The van der Waals surface area contributed by atoms with Crippen LogP contribution >= 0.6 is 22.9 Å². The fraction of sp³-hybridized carbons (Fsp3) is 0.185. The molecule has 0 fully saturated rings. The first-order valence-corrected chi connectivity index (χ1v) is 12.9. The van der Waals surface area contributed by atoms with Crippen LogP contribution in [0, 0.1) is 0 Å². The first kappa shape index (κ1) is 27.1. The van der Waals surface area contributed by atoms with Gasteiger partial charge in [0.15, 0.2) is 0 Å². The minimum absolute atomic E-state index is 0.205. The van der Waals surface area contributed by atoms with Crippen molar-refractivity contribution in [1.82, 2.24) is 15.6 Å². The molecule has 4 rings (SSSR count). The SMILES string of the molecule is COC(=O)c1ccc(C(=O)NC(=O)[C@H](Cc2ccc(N)cc2)NCCc2cc(=O)[nH]c3ccc(Cl)cc23)s1. The van der Waals surface area contributed by atoms with Crippen molar-refractivity contribution in [2.24, 2.45) is 0 Å². The number of H-pyrrole nitrogens is 1. The Labute approximate surface area is 227 Å². The van der Waals surface area contributed by atoms with E-state index in [0.29, 0.717) is 35.6 Å². The average Bonchev–Trinajstić information content (AvgIpc) is 3.40. The zero-order valence-electron chi connectivity index (χ0n) is 20.4. The lowest BCUT2D eigenvalue weighted by Gasteiger charge is -2.18. The van der Waals surface area contributed by atoms with Gasteiger partial charge >= 0.3 is 5.97 Å². The Morgan fingerprint density at radius 1 is 1.05 bits per heavy atom. The topological polar surface area (TPSA) is 143 Å². The number of nitrogen functional groups attached to an aromatic ring is 1. The molecule has 11 heteroatoms. The van der Waals surface area contributed by atoms with E-state index in [-0.39, 0.29) is 15.3 Å².